The number of hydrogen-bond donors (Lipinski definition) is 1. The molecule has 5 heteroatoms. The SMILES string of the molecule is CCCS(=O)(=O)NC1CCOc2ccccc21. The van der Waals surface area contributed by atoms with Crippen molar-refractivity contribution in [3.05, 3.63) is 29.8 Å². The van der Waals surface area contributed by atoms with Crippen LogP contribution in [-0.4, -0.2) is 20.8 Å². The van der Waals surface area contributed by atoms with Gasteiger partial charge in [-0.05, 0) is 12.5 Å². The van der Waals surface area contributed by atoms with Gasteiger partial charge in [0.15, 0.2) is 0 Å². The largest absolute Gasteiger partial charge is 0.493 e. The number of hydrogen-bond acceptors (Lipinski definition) is 3. The first kappa shape index (κ1) is 12.4. The van der Waals surface area contributed by atoms with Crippen LogP contribution >= 0.6 is 0 Å². The minimum absolute atomic E-state index is 0.156. The number of benzene rings is 1. The van der Waals surface area contributed by atoms with Crippen LogP contribution in [0.15, 0.2) is 24.3 Å². The predicted octanol–water partition coefficient (Wildman–Crippen LogP) is 1.84. The molecule has 2 rings (SSSR count). The molecule has 0 saturated carbocycles. The van der Waals surface area contributed by atoms with Gasteiger partial charge in [0.2, 0.25) is 10.0 Å². The second-order valence-electron chi connectivity index (χ2n) is 4.16. The van der Waals surface area contributed by atoms with Crippen molar-refractivity contribution in [2.45, 2.75) is 25.8 Å². The smallest absolute Gasteiger partial charge is 0.212 e. The van der Waals surface area contributed by atoms with Crippen molar-refractivity contribution in [3.8, 4) is 5.75 Å². The monoisotopic (exact) mass is 255 g/mol. The van der Waals surface area contributed by atoms with E-state index in [0.29, 0.717) is 19.4 Å². The molecule has 0 spiro atoms. The maximum absolute atomic E-state index is 11.8. The third-order valence-electron chi connectivity index (χ3n) is 2.75. The standard InChI is InChI=1S/C12H17NO3S/c1-2-9-17(14,15)13-11-7-8-16-12-6-4-3-5-10(11)12/h3-6,11,13H,2,7-9H2,1H3. The van der Waals surface area contributed by atoms with E-state index in [1.165, 1.54) is 0 Å². The van der Waals surface area contributed by atoms with E-state index in [2.05, 4.69) is 4.72 Å². The summed E-state index contributed by atoms with van der Waals surface area (Å²) >= 11 is 0. The predicted molar refractivity (Wildman–Crippen MR) is 66.5 cm³/mol. The zero-order valence-corrected chi connectivity index (χ0v) is 10.7. The second-order valence-corrected chi connectivity index (χ2v) is 6.04. The summed E-state index contributed by atoms with van der Waals surface area (Å²) in [7, 11) is -3.18. The molecule has 0 bridgehead atoms. The number of rotatable bonds is 4. The molecule has 1 aliphatic heterocycles. The number of nitrogens with one attached hydrogen (secondary N) is 1. The zero-order valence-electron chi connectivity index (χ0n) is 9.85. The number of ether oxygens (including phenoxy) is 1. The Morgan fingerprint density at radius 2 is 2.18 bits per heavy atom. The minimum Gasteiger partial charge on any atom is -0.493 e. The molecule has 94 valence electrons. The van der Waals surface area contributed by atoms with E-state index >= 15 is 0 Å². The molecule has 1 N–H and O–H groups in total. The lowest BCUT2D eigenvalue weighted by atomic mass is 10.0. The molecule has 0 radical (unpaired) electrons. The molecule has 1 aromatic rings. The normalized spacial score (nSPS) is 19.5. The van der Waals surface area contributed by atoms with Crippen LogP contribution in [0.25, 0.3) is 0 Å². The molecule has 0 aliphatic carbocycles. The van der Waals surface area contributed by atoms with Crippen LogP contribution in [0.3, 0.4) is 0 Å². The molecule has 0 amide bonds. The summed E-state index contributed by atoms with van der Waals surface area (Å²) in [5.41, 5.74) is 0.929. The van der Waals surface area contributed by atoms with Gasteiger partial charge in [-0.3, -0.25) is 0 Å². The highest BCUT2D eigenvalue weighted by atomic mass is 32.2. The molecular formula is C12H17NO3S. The summed E-state index contributed by atoms with van der Waals surface area (Å²) in [6.45, 7) is 2.41. The van der Waals surface area contributed by atoms with Crippen molar-refractivity contribution < 1.29 is 13.2 Å². The average molecular weight is 255 g/mol. The van der Waals surface area contributed by atoms with E-state index in [1.54, 1.807) is 0 Å². The fraction of sp³-hybridized carbons (Fsp3) is 0.500. The fourth-order valence-corrected chi connectivity index (χ4v) is 3.34. The van der Waals surface area contributed by atoms with E-state index in [1.807, 2.05) is 31.2 Å². The van der Waals surface area contributed by atoms with Gasteiger partial charge in [-0.1, -0.05) is 25.1 Å². The van der Waals surface area contributed by atoms with E-state index in [-0.39, 0.29) is 11.8 Å². The summed E-state index contributed by atoms with van der Waals surface area (Å²) < 4.78 is 31.8. The second kappa shape index (κ2) is 5.06. The van der Waals surface area contributed by atoms with Gasteiger partial charge in [0.05, 0.1) is 18.4 Å². The summed E-state index contributed by atoms with van der Waals surface area (Å²) in [5, 5.41) is 0. The lowest BCUT2D eigenvalue weighted by Gasteiger charge is -2.26. The molecule has 17 heavy (non-hydrogen) atoms. The third-order valence-corrected chi connectivity index (χ3v) is 4.34. The lowest BCUT2D eigenvalue weighted by molar-refractivity contribution is 0.263. The van der Waals surface area contributed by atoms with Crippen LogP contribution in [0.2, 0.25) is 0 Å². The van der Waals surface area contributed by atoms with Crippen molar-refractivity contribution in [2.75, 3.05) is 12.4 Å². The Morgan fingerprint density at radius 1 is 1.41 bits per heavy atom. The maximum Gasteiger partial charge on any atom is 0.212 e. The lowest BCUT2D eigenvalue weighted by Crippen LogP contribution is -2.33. The zero-order chi connectivity index (χ0) is 12.3. The van der Waals surface area contributed by atoms with E-state index in [0.717, 1.165) is 11.3 Å². The van der Waals surface area contributed by atoms with Gasteiger partial charge in [0.25, 0.3) is 0 Å². The van der Waals surface area contributed by atoms with Crippen LogP contribution in [0.1, 0.15) is 31.4 Å². The van der Waals surface area contributed by atoms with Crippen LogP contribution in [0.4, 0.5) is 0 Å². The summed E-state index contributed by atoms with van der Waals surface area (Å²) in [5.74, 6) is 0.954. The fourth-order valence-electron chi connectivity index (χ4n) is 2.01. The third kappa shape index (κ3) is 2.98. The first-order valence-electron chi connectivity index (χ1n) is 5.84. The van der Waals surface area contributed by atoms with Crippen molar-refractivity contribution in [1.29, 1.82) is 0 Å². The van der Waals surface area contributed by atoms with Crippen molar-refractivity contribution >= 4 is 10.0 Å². The van der Waals surface area contributed by atoms with E-state index in [9.17, 15) is 8.42 Å². The van der Waals surface area contributed by atoms with Crippen LogP contribution in [-0.2, 0) is 10.0 Å². The van der Waals surface area contributed by atoms with Gasteiger partial charge in [-0.2, -0.15) is 0 Å². The average Bonchev–Trinajstić information content (AvgIpc) is 2.29. The molecule has 0 fully saturated rings. The molecule has 0 aromatic heterocycles. The number of fused-ring (bicyclic) bond motifs is 1. The molecule has 1 aromatic carbocycles. The van der Waals surface area contributed by atoms with Crippen molar-refractivity contribution in [3.63, 3.8) is 0 Å². The van der Waals surface area contributed by atoms with E-state index < -0.39 is 10.0 Å². The first-order chi connectivity index (χ1) is 8.12. The highest BCUT2D eigenvalue weighted by molar-refractivity contribution is 7.89. The first-order valence-corrected chi connectivity index (χ1v) is 7.49. The quantitative estimate of drug-likeness (QED) is 0.893. The van der Waals surface area contributed by atoms with Crippen LogP contribution in [0, 0.1) is 0 Å². The van der Waals surface area contributed by atoms with Gasteiger partial charge in [-0.15, -0.1) is 0 Å². The molecule has 0 saturated heterocycles. The Bertz CT molecular complexity index is 484. The summed E-state index contributed by atoms with van der Waals surface area (Å²) in [6, 6.07) is 7.41. The Hall–Kier alpha value is -1.07. The Labute approximate surface area is 102 Å². The van der Waals surface area contributed by atoms with Crippen molar-refractivity contribution in [1.82, 2.24) is 4.72 Å². The van der Waals surface area contributed by atoms with E-state index in [4.69, 9.17) is 4.74 Å². The molecule has 1 heterocycles. The maximum atomic E-state index is 11.8. The minimum atomic E-state index is -3.18. The molecule has 1 aliphatic rings. The number of sulfonamides is 1. The Balaban J connectivity index is 2.19. The van der Waals surface area contributed by atoms with Gasteiger partial charge in [-0.25, -0.2) is 13.1 Å². The Kier molecular flexibility index (Phi) is 3.69. The van der Waals surface area contributed by atoms with Crippen molar-refractivity contribution in [2.24, 2.45) is 0 Å². The molecule has 4 nitrogen and oxygen atoms in total. The molecular weight excluding hydrogens is 238 g/mol. The molecule has 1 unspecified atom stereocenters. The molecule has 1 atom stereocenters. The van der Waals surface area contributed by atoms with Crippen LogP contribution < -0.4 is 9.46 Å². The topological polar surface area (TPSA) is 55.4 Å². The highest BCUT2D eigenvalue weighted by Gasteiger charge is 2.24. The highest BCUT2D eigenvalue weighted by Crippen LogP contribution is 2.31. The van der Waals surface area contributed by atoms with Gasteiger partial charge in [0.1, 0.15) is 5.75 Å². The summed E-state index contributed by atoms with van der Waals surface area (Å²) in [6.07, 6.45) is 1.31. The Morgan fingerprint density at radius 3 is 2.94 bits per heavy atom. The van der Waals surface area contributed by atoms with Gasteiger partial charge in [0, 0.05) is 12.0 Å². The van der Waals surface area contributed by atoms with Crippen LogP contribution in [0.5, 0.6) is 5.75 Å². The van der Waals surface area contributed by atoms with Gasteiger partial charge < -0.3 is 4.74 Å². The van der Waals surface area contributed by atoms with Gasteiger partial charge >= 0.3 is 0 Å². The summed E-state index contributed by atoms with van der Waals surface area (Å²) in [4.78, 5) is 0. The number of para-hydroxylation sites is 1.